The number of amidine groups is 1. The quantitative estimate of drug-likeness (QED) is 0.339. The van der Waals surface area contributed by atoms with E-state index in [1.807, 2.05) is 38.9 Å². The van der Waals surface area contributed by atoms with Crippen molar-refractivity contribution >= 4 is 23.6 Å². The lowest BCUT2D eigenvalue weighted by molar-refractivity contribution is 0.0204. The van der Waals surface area contributed by atoms with Crippen molar-refractivity contribution in [2.24, 2.45) is 16.8 Å². The molecular weight excluding hydrogens is 608 g/mol. The van der Waals surface area contributed by atoms with Gasteiger partial charge in [0.1, 0.15) is 23.0 Å². The third-order valence-electron chi connectivity index (χ3n) is 10.5. The molecule has 2 saturated heterocycles. The van der Waals surface area contributed by atoms with Gasteiger partial charge in [0.05, 0.1) is 42.0 Å². The van der Waals surface area contributed by atoms with Gasteiger partial charge in [0, 0.05) is 29.5 Å². The molecule has 2 amide bonds. The van der Waals surface area contributed by atoms with E-state index in [2.05, 4.69) is 64.7 Å². The molecule has 4 aliphatic heterocycles. The van der Waals surface area contributed by atoms with Gasteiger partial charge in [0.25, 0.3) is 0 Å². The fourth-order valence-corrected chi connectivity index (χ4v) is 8.16. The number of nitrogens with zero attached hydrogens (tertiary/aromatic N) is 4. The zero-order valence-corrected chi connectivity index (χ0v) is 27.9. The van der Waals surface area contributed by atoms with E-state index in [0.29, 0.717) is 5.82 Å². The monoisotopic (exact) mass is 650 g/mol. The number of rotatable bonds is 3. The van der Waals surface area contributed by atoms with E-state index < -0.39 is 11.7 Å². The van der Waals surface area contributed by atoms with E-state index >= 15 is 0 Å². The summed E-state index contributed by atoms with van der Waals surface area (Å²) in [7, 11) is 0. The minimum Gasteiger partial charge on any atom is -0.465 e. The van der Waals surface area contributed by atoms with E-state index in [9.17, 15) is 14.7 Å². The minimum atomic E-state index is -0.913. The number of carboxylic acid groups (broad SMARTS) is 1. The number of carbonyl (C=O) groups excluding carboxylic acids is 1. The maximum absolute atomic E-state index is 13.2. The first-order valence-electron chi connectivity index (χ1n) is 17.0. The number of aromatic amines is 1. The zero-order valence-electron chi connectivity index (χ0n) is 27.9. The highest BCUT2D eigenvalue weighted by atomic mass is 16.6. The van der Waals surface area contributed by atoms with Crippen LogP contribution in [0.15, 0.2) is 88.2 Å². The van der Waals surface area contributed by atoms with Crippen LogP contribution >= 0.6 is 0 Å². The number of fused-ring (bicyclic) bond motifs is 6. The van der Waals surface area contributed by atoms with Crippen LogP contribution in [0.1, 0.15) is 77.9 Å². The number of carbonyl (C=O) groups is 2. The molecule has 7 atom stereocenters. The van der Waals surface area contributed by atoms with Gasteiger partial charge in [-0.3, -0.25) is 9.80 Å². The van der Waals surface area contributed by atoms with Gasteiger partial charge >= 0.3 is 12.2 Å². The van der Waals surface area contributed by atoms with E-state index in [1.165, 1.54) is 10.5 Å². The number of likely N-dealkylation sites (tertiary alicyclic amines) is 2. The van der Waals surface area contributed by atoms with Gasteiger partial charge in [-0.05, 0) is 95.2 Å². The van der Waals surface area contributed by atoms with Crippen LogP contribution in [0.25, 0.3) is 5.57 Å². The van der Waals surface area contributed by atoms with Gasteiger partial charge in [-0.2, -0.15) is 0 Å². The smallest absolute Gasteiger partial charge is 0.411 e. The lowest BCUT2D eigenvalue weighted by atomic mass is 9.75. The summed E-state index contributed by atoms with van der Waals surface area (Å²) in [6, 6.07) is -0.418. The summed E-state index contributed by atoms with van der Waals surface area (Å²) in [4.78, 5) is 41.4. The van der Waals surface area contributed by atoms with E-state index in [1.54, 1.807) is 6.20 Å². The van der Waals surface area contributed by atoms with Gasteiger partial charge < -0.3 is 24.9 Å². The minimum absolute atomic E-state index is 0.0308. The molecule has 1 aromatic heterocycles. The number of H-pyrrole nitrogens is 1. The van der Waals surface area contributed by atoms with Gasteiger partial charge in [-0.1, -0.05) is 24.3 Å². The van der Waals surface area contributed by atoms with Crippen molar-refractivity contribution in [3.63, 3.8) is 0 Å². The lowest BCUT2D eigenvalue weighted by Crippen LogP contribution is -2.50. The highest BCUT2D eigenvalue weighted by molar-refractivity contribution is 5.94. The first kappa shape index (κ1) is 30.5. The molecule has 0 spiro atoms. The maximum Gasteiger partial charge on any atom is 0.411 e. The molecule has 48 heavy (non-hydrogen) atoms. The van der Waals surface area contributed by atoms with Gasteiger partial charge in [-0.15, -0.1) is 0 Å². The molecule has 2 fully saturated rings. The highest BCUT2D eigenvalue weighted by Crippen LogP contribution is 2.46. The van der Waals surface area contributed by atoms with Gasteiger partial charge in [0.2, 0.25) is 0 Å². The van der Waals surface area contributed by atoms with E-state index in [0.717, 1.165) is 65.4 Å². The van der Waals surface area contributed by atoms with E-state index in [4.69, 9.17) is 14.5 Å². The van der Waals surface area contributed by atoms with Crippen molar-refractivity contribution in [2.75, 3.05) is 0 Å². The summed E-state index contributed by atoms with van der Waals surface area (Å²) in [5, 5.41) is 13.4. The standard InChI is InChI=1S/C37H42N6O5/c1-19-6-12-29(42(19)35(44)45)33-38-17-28(40-33)22-8-10-24-23(14-22)18-47-31-16-25-21(15-26(24)31)9-11-27-32(25)41-34(39-27)30-13-7-20(2)43(30)36(46)48-37(3,4)5/h8-11,14-20,24-25,29-30,32H,6-7,12-13H2,1-5H3,(H,38,40)(H,39,41)(H,44,45)/t19-,20-,24?,25?,29-,30-,32?/m0/s1. The number of hydrogen-bond acceptors (Lipinski definition) is 7. The number of imidazole rings is 1. The number of aromatic nitrogens is 2. The van der Waals surface area contributed by atoms with Crippen LogP contribution in [0.4, 0.5) is 9.59 Å². The number of amides is 2. The van der Waals surface area contributed by atoms with Crippen LogP contribution in [-0.2, 0) is 9.47 Å². The van der Waals surface area contributed by atoms with Crippen LogP contribution < -0.4 is 5.32 Å². The molecule has 8 rings (SSSR count). The Morgan fingerprint density at radius 3 is 2.56 bits per heavy atom. The predicted molar refractivity (Wildman–Crippen MR) is 180 cm³/mol. The van der Waals surface area contributed by atoms with Crippen LogP contribution in [0.3, 0.4) is 0 Å². The molecule has 3 aliphatic carbocycles. The summed E-state index contributed by atoms with van der Waals surface area (Å²) in [5.41, 5.74) is 5.57. The molecule has 1 aromatic rings. The second-order valence-corrected chi connectivity index (χ2v) is 14.8. The van der Waals surface area contributed by atoms with Crippen molar-refractivity contribution < 1.29 is 24.2 Å². The molecule has 5 heterocycles. The number of ether oxygens (including phenoxy) is 2. The molecule has 250 valence electrons. The van der Waals surface area contributed by atoms with Crippen molar-refractivity contribution in [1.29, 1.82) is 0 Å². The summed E-state index contributed by atoms with van der Waals surface area (Å²) in [5.74, 6) is 2.44. The van der Waals surface area contributed by atoms with Crippen LogP contribution in [0.2, 0.25) is 0 Å². The SMILES string of the molecule is C[C@H]1CC[C@@H](C2=NC3=CC=C4C=C5C(=CC4C3N2)OC=C2C=C(c3cnc([C@@H]4CC[C@H](C)N4C(=O)O)[nH]3)C=CC25)N1C(=O)OC(C)(C)C. The number of hydrogen-bond donors (Lipinski definition) is 3. The van der Waals surface area contributed by atoms with Crippen LogP contribution in [-0.4, -0.2) is 72.7 Å². The Morgan fingerprint density at radius 2 is 1.79 bits per heavy atom. The predicted octanol–water partition coefficient (Wildman–Crippen LogP) is 6.52. The zero-order chi connectivity index (χ0) is 33.5. The molecule has 0 aromatic carbocycles. The number of aliphatic imine (C=N–C) groups is 1. The summed E-state index contributed by atoms with van der Waals surface area (Å²) < 4.78 is 12.0. The Hall–Kier alpha value is -4.80. The first-order valence-corrected chi connectivity index (χ1v) is 17.0. The van der Waals surface area contributed by atoms with Crippen molar-refractivity contribution in [2.45, 2.75) is 96.1 Å². The molecule has 0 radical (unpaired) electrons. The Balaban J connectivity index is 0.995. The molecule has 3 unspecified atom stereocenters. The Morgan fingerprint density at radius 1 is 1.02 bits per heavy atom. The Labute approximate surface area is 280 Å². The second-order valence-electron chi connectivity index (χ2n) is 14.8. The molecule has 11 nitrogen and oxygen atoms in total. The average Bonchev–Trinajstić information content (AvgIpc) is 3.84. The third-order valence-corrected chi connectivity index (χ3v) is 10.5. The number of nitrogens with one attached hydrogen (secondary N) is 2. The number of allylic oxidation sites excluding steroid dienone is 9. The summed E-state index contributed by atoms with van der Waals surface area (Å²) in [6.07, 6.45) is 20.8. The fraction of sp³-hybridized carbons (Fsp3) is 0.459. The lowest BCUT2D eigenvalue weighted by Gasteiger charge is -2.36. The summed E-state index contributed by atoms with van der Waals surface area (Å²) >= 11 is 0. The molecule has 0 bridgehead atoms. The van der Waals surface area contributed by atoms with Gasteiger partial charge in [-0.25, -0.2) is 19.6 Å². The fourth-order valence-electron chi connectivity index (χ4n) is 8.16. The largest absolute Gasteiger partial charge is 0.465 e. The van der Waals surface area contributed by atoms with Crippen molar-refractivity contribution in [3.05, 3.63) is 94.7 Å². The normalized spacial score (nSPS) is 31.8. The average molecular weight is 651 g/mol. The molecular formula is C37H42N6O5. The van der Waals surface area contributed by atoms with Gasteiger partial charge in [0.15, 0.2) is 0 Å². The van der Waals surface area contributed by atoms with Crippen molar-refractivity contribution in [3.8, 4) is 0 Å². The maximum atomic E-state index is 13.2. The topological polar surface area (TPSA) is 132 Å². The van der Waals surface area contributed by atoms with E-state index in [-0.39, 0.29) is 48.1 Å². The third kappa shape index (κ3) is 5.11. The molecule has 7 aliphatic rings. The van der Waals surface area contributed by atoms with Crippen LogP contribution in [0, 0.1) is 11.8 Å². The molecule has 0 saturated carbocycles. The highest BCUT2D eigenvalue weighted by Gasteiger charge is 2.45. The first-order chi connectivity index (χ1) is 22.9. The molecule has 3 N–H and O–H groups in total. The second kappa shape index (κ2) is 11.1. The van der Waals surface area contributed by atoms with Crippen LogP contribution in [0.5, 0.6) is 0 Å². The molecule has 11 heteroatoms. The summed E-state index contributed by atoms with van der Waals surface area (Å²) in [6.45, 7) is 9.69. The van der Waals surface area contributed by atoms with Crippen molar-refractivity contribution in [1.82, 2.24) is 25.1 Å². The Bertz CT molecular complexity index is 1830. The Kier molecular flexibility index (Phi) is 7.08.